The van der Waals surface area contributed by atoms with Crippen LogP contribution in [0.1, 0.15) is 194 Å². The molecule has 21 N–H and O–H groups in total. The quantitative estimate of drug-likeness (QED) is 0.0257. The number of aromatic nitrogens is 1. The molecule has 8 atom stereocenters. The van der Waals surface area contributed by atoms with Crippen LogP contribution in [0.2, 0.25) is 0 Å². The number of nitrogens with two attached hydrogens (primary N) is 6. The molecule has 0 bridgehead atoms. The minimum atomic E-state index is -1.34. The summed E-state index contributed by atoms with van der Waals surface area (Å²) in [7, 11) is 0. The summed E-state index contributed by atoms with van der Waals surface area (Å²) < 4.78 is 0. The van der Waals surface area contributed by atoms with Gasteiger partial charge in [-0.25, -0.2) is 0 Å². The highest BCUT2D eigenvalue weighted by molar-refractivity contribution is 7.98. The predicted molar refractivity (Wildman–Crippen MR) is 363 cm³/mol. The molecule has 0 aliphatic rings. The molecular formula is C64H113N17O9S. The van der Waals surface area contributed by atoms with Crippen molar-refractivity contribution in [3.8, 4) is 0 Å². The van der Waals surface area contributed by atoms with E-state index < -0.39 is 96.1 Å². The van der Waals surface area contributed by atoms with Gasteiger partial charge in [-0.1, -0.05) is 136 Å². The number of carbonyl (C=O) groups is 9. The van der Waals surface area contributed by atoms with E-state index in [9.17, 15) is 43.2 Å². The number of hydrogen-bond donors (Lipinski definition) is 15. The number of carbonyl (C=O) groups excluding carboxylic acids is 9. The molecule has 0 unspecified atom stereocenters. The second-order valence-electron chi connectivity index (χ2n) is 24.1. The van der Waals surface area contributed by atoms with Crippen LogP contribution in [0.4, 0.5) is 0 Å². The molecule has 0 radical (unpaired) electrons. The molecule has 0 spiro atoms. The van der Waals surface area contributed by atoms with Crippen molar-refractivity contribution in [1.82, 2.24) is 47.5 Å². The maximum absolute atomic E-state index is 14.8. The summed E-state index contributed by atoms with van der Waals surface area (Å²) in [6, 6.07) is -0.947. The molecule has 514 valence electrons. The summed E-state index contributed by atoms with van der Waals surface area (Å²) in [6.45, 7) is 9.59. The van der Waals surface area contributed by atoms with E-state index in [0.717, 1.165) is 36.6 Å². The van der Waals surface area contributed by atoms with Crippen molar-refractivity contribution in [2.45, 2.75) is 237 Å². The Labute approximate surface area is 544 Å². The van der Waals surface area contributed by atoms with E-state index in [4.69, 9.17) is 34.4 Å². The lowest BCUT2D eigenvalue weighted by Crippen LogP contribution is -2.60. The predicted octanol–water partition coefficient (Wildman–Crippen LogP) is 3.27. The van der Waals surface area contributed by atoms with E-state index in [1.165, 1.54) is 63.1 Å². The lowest BCUT2D eigenvalue weighted by atomic mass is 9.98. The number of benzene rings is 1. The lowest BCUT2D eigenvalue weighted by molar-refractivity contribution is -0.136. The Hall–Kier alpha value is -7.16. The van der Waals surface area contributed by atoms with Crippen molar-refractivity contribution in [1.29, 1.82) is 0 Å². The number of thioether (sulfide) groups is 1. The maximum atomic E-state index is 14.8. The van der Waals surface area contributed by atoms with Crippen molar-refractivity contribution in [2.75, 3.05) is 38.2 Å². The molecule has 1 heterocycles. The first-order chi connectivity index (χ1) is 43.5. The summed E-state index contributed by atoms with van der Waals surface area (Å²) in [5.41, 5.74) is 35.3. The zero-order valence-electron chi connectivity index (χ0n) is 55.2. The van der Waals surface area contributed by atoms with Gasteiger partial charge in [0, 0.05) is 43.0 Å². The zero-order valence-corrected chi connectivity index (χ0v) is 56.1. The summed E-state index contributed by atoms with van der Waals surface area (Å²) in [5.74, 6) is -6.25. The molecule has 91 heavy (non-hydrogen) atoms. The number of amides is 9. The van der Waals surface area contributed by atoms with Gasteiger partial charge in [-0.2, -0.15) is 11.8 Å². The molecule has 1 aromatic heterocycles. The molecule has 26 nitrogen and oxygen atoms in total. The standard InChI is InChI=1S/C64H113N17O9S/c1-7-9-10-11-12-13-14-15-16-17-18-19-20-32-53(82)75-47(30-25-35-71-63(67)68)58(86)79-51(38-42(3)4)61(89)77-49(31-26-36-72-64(69)70)59(87)76-48(29-23-24-34-65)60(88)80-52(39-44-40-73-46-28-22-21-27-45(44)46)62(90)78-50(33-37-91-6)57(85)74-41-54(83)81-55(56(66)84)43(5)8-2/h21-22,27-28,40,42-43,47-52,55,73H,7-20,23-26,29-39,41,65H2,1-6H3,(H2,66,84)(H,74,85)(H,75,82)(H,76,87)(H,77,89)(H,78,90)(H,79,86)(H,80,88)(H,81,83)(H4,67,68,71)(H4,69,70,72)/t43-,47-,48-,49-,50-,51-,52-,55-/m0/s1. The van der Waals surface area contributed by atoms with Crippen molar-refractivity contribution < 1.29 is 43.2 Å². The molecule has 1 aromatic carbocycles. The van der Waals surface area contributed by atoms with Crippen LogP contribution in [-0.2, 0) is 49.6 Å². The van der Waals surface area contributed by atoms with Gasteiger partial charge in [-0.3, -0.25) is 53.1 Å². The van der Waals surface area contributed by atoms with Crippen LogP contribution in [0.15, 0.2) is 40.4 Å². The van der Waals surface area contributed by atoms with Gasteiger partial charge in [0.25, 0.3) is 0 Å². The molecule has 0 fully saturated rings. The molecule has 0 aliphatic heterocycles. The molecule has 0 aliphatic carbocycles. The first-order valence-corrected chi connectivity index (χ1v) is 34.5. The van der Waals surface area contributed by atoms with Crippen LogP contribution in [0.25, 0.3) is 10.9 Å². The second kappa shape index (κ2) is 46.8. The molecule has 27 heteroatoms. The summed E-state index contributed by atoms with van der Waals surface area (Å²) in [6.07, 6.45) is 21.1. The van der Waals surface area contributed by atoms with Crippen LogP contribution in [0.5, 0.6) is 0 Å². The topological polar surface area (TPSA) is 446 Å². The van der Waals surface area contributed by atoms with Crippen molar-refractivity contribution in [3.05, 3.63) is 36.0 Å². The van der Waals surface area contributed by atoms with Crippen LogP contribution in [-0.4, -0.2) is 151 Å². The lowest BCUT2D eigenvalue weighted by Gasteiger charge is -2.28. The Morgan fingerprint density at radius 3 is 1.51 bits per heavy atom. The first kappa shape index (κ1) is 79.9. The molecule has 2 aromatic rings. The number of para-hydroxylation sites is 1. The highest BCUT2D eigenvalue weighted by Crippen LogP contribution is 2.21. The van der Waals surface area contributed by atoms with Crippen LogP contribution < -0.4 is 76.9 Å². The SMILES string of the molecule is CCCCCCCCCCCCCCCC(=O)N[C@@H](CCCN=C(N)N)C(=O)N[C@@H](CC(C)C)C(=O)N[C@@H](CCCN=C(N)N)C(=O)N[C@@H](CCCCN)C(=O)N[C@@H](Cc1c[nH]c2ccccc12)C(=O)N[C@@H](CCSC)C(=O)NCC(=O)N[C@H](C(N)=O)[C@@H](C)CC. The van der Waals surface area contributed by atoms with Crippen molar-refractivity contribution in [2.24, 2.45) is 56.2 Å². The minimum Gasteiger partial charge on any atom is -0.370 e. The third-order valence-electron chi connectivity index (χ3n) is 15.8. The number of primary amides is 1. The Kier molecular flexibility index (Phi) is 41.1. The average Bonchev–Trinajstić information content (AvgIpc) is 2.07. The Balaban J connectivity index is 2.44. The zero-order chi connectivity index (χ0) is 67.5. The van der Waals surface area contributed by atoms with Gasteiger partial charge >= 0.3 is 0 Å². The fourth-order valence-electron chi connectivity index (χ4n) is 10.4. The van der Waals surface area contributed by atoms with Crippen LogP contribution in [0.3, 0.4) is 0 Å². The summed E-state index contributed by atoms with van der Waals surface area (Å²) in [4.78, 5) is 137. The van der Waals surface area contributed by atoms with Crippen molar-refractivity contribution >= 4 is 87.7 Å². The number of hydrogen-bond acceptors (Lipinski definition) is 13. The monoisotopic (exact) mass is 1300 g/mol. The van der Waals surface area contributed by atoms with Gasteiger partial charge in [-0.05, 0) is 106 Å². The fraction of sp³-hybridized carbons (Fsp3) is 0.703. The van der Waals surface area contributed by atoms with E-state index >= 15 is 0 Å². The van der Waals surface area contributed by atoms with Gasteiger partial charge in [0.2, 0.25) is 53.2 Å². The summed E-state index contributed by atoms with van der Waals surface area (Å²) >= 11 is 1.42. The first-order valence-electron chi connectivity index (χ1n) is 33.1. The third-order valence-corrected chi connectivity index (χ3v) is 16.5. The highest BCUT2D eigenvalue weighted by Gasteiger charge is 2.35. The number of aromatic amines is 1. The number of fused-ring (bicyclic) bond motifs is 1. The number of rotatable bonds is 51. The smallest absolute Gasteiger partial charge is 0.243 e. The molecule has 9 amide bonds. The number of guanidine groups is 2. The van der Waals surface area contributed by atoms with Gasteiger partial charge in [0.1, 0.15) is 42.3 Å². The maximum Gasteiger partial charge on any atom is 0.243 e. The number of aliphatic imine (C=N–C) groups is 2. The molecule has 0 saturated carbocycles. The van der Waals surface area contributed by atoms with E-state index in [1.807, 2.05) is 51.3 Å². The van der Waals surface area contributed by atoms with E-state index in [-0.39, 0.29) is 101 Å². The summed E-state index contributed by atoms with van der Waals surface area (Å²) in [5, 5.41) is 22.9. The fourth-order valence-corrected chi connectivity index (χ4v) is 10.9. The third kappa shape index (κ3) is 34.2. The second-order valence-corrected chi connectivity index (χ2v) is 25.1. The van der Waals surface area contributed by atoms with Gasteiger partial charge < -0.3 is 81.9 Å². The Morgan fingerprint density at radius 2 is 1.00 bits per heavy atom. The number of nitrogens with zero attached hydrogens (tertiary/aromatic N) is 2. The van der Waals surface area contributed by atoms with Gasteiger partial charge in [0.15, 0.2) is 11.9 Å². The van der Waals surface area contributed by atoms with Gasteiger partial charge in [-0.15, -0.1) is 0 Å². The largest absolute Gasteiger partial charge is 0.370 e. The Bertz CT molecular complexity index is 2580. The van der Waals surface area contributed by atoms with E-state index in [1.54, 1.807) is 13.1 Å². The van der Waals surface area contributed by atoms with Crippen LogP contribution in [0, 0.1) is 11.8 Å². The van der Waals surface area contributed by atoms with E-state index in [2.05, 4.69) is 64.4 Å². The van der Waals surface area contributed by atoms with E-state index in [0.29, 0.717) is 43.4 Å². The van der Waals surface area contributed by atoms with Crippen molar-refractivity contribution in [3.63, 3.8) is 0 Å². The average molecular weight is 1300 g/mol. The number of H-pyrrole nitrogens is 1. The molecule has 2 rings (SSSR count). The number of unbranched alkanes of at least 4 members (excludes halogenated alkanes) is 13. The Morgan fingerprint density at radius 1 is 0.527 bits per heavy atom. The number of nitrogens with one attached hydrogen (secondary N) is 9. The van der Waals surface area contributed by atoms with Gasteiger partial charge in [0.05, 0.1) is 6.54 Å². The molecule has 0 saturated heterocycles. The normalized spacial score (nSPS) is 13.8. The molecular weight excluding hydrogens is 1180 g/mol. The highest BCUT2D eigenvalue weighted by atomic mass is 32.2. The van der Waals surface area contributed by atoms with Crippen LogP contribution >= 0.6 is 11.8 Å². The minimum absolute atomic E-state index is 0.0210.